The smallest absolute Gasteiger partial charge is 0.0273 e. The van der Waals surface area contributed by atoms with Gasteiger partial charge in [0.2, 0.25) is 0 Å². The third kappa shape index (κ3) is 1.59. The molecule has 0 heteroatoms. The molecule has 86 valence electrons. The Bertz CT molecular complexity index is 567. The first-order valence-corrected chi connectivity index (χ1v) is 6.31. The second-order valence-electron chi connectivity index (χ2n) is 5.33. The lowest BCUT2D eigenvalue weighted by Crippen LogP contribution is -2.01. The van der Waals surface area contributed by atoms with Crippen LogP contribution in [0.2, 0.25) is 0 Å². The Morgan fingerprint density at radius 3 is 2.47 bits per heavy atom. The first kappa shape index (κ1) is 10.6. The van der Waals surface area contributed by atoms with Crippen LogP contribution in [-0.2, 0) is 0 Å². The van der Waals surface area contributed by atoms with Crippen LogP contribution in [0.3, 0.4) is 0 Å². The highest BCUT2D eigenvalue weighted by atomic mass is 14.3. The molecular weight excluding hydrogens is 204 g/mol. The van der Waals surface area contributed by atoms with E-state index in [0.29, 0.717) is 5.92 Å². The molecule has 3 rings (SSSR count). The Kier molecular flexibility index (Phi) is 2.32. The minimum absolute atomic E-state index is 0.528. The van der Waals surface area contributed by atoms with Gasteiger partial charge in [0.05, 0.1) is 0 Å². The van der Waals surface area contributed by atoms with Crippen molar-refractivity contribution < 1.29 is 0 Å². The summed E-state index contributed by atoms with van der Waals surface area (Å²) in [7, 11) is 0. The van der Waals surface area contributed by atoms with E-state index in [0.717, 1.165) is 6.42 Å². The van der Waals surface area contributed by atoms with Gasteiger partial charge in [-0.2, -0.15) is 0 Å². The maximum atomic E-state index is 2.34. The van der Waals surface area contributed by atoms with Gasteiger partial charge in [0.1, 0.15) is 0 Å². The summed E-state index contributed by atoms with van der Waals surface area (Å²) in [5.74, 6) is 0.528. The molecule has 0 bridgehead atoms. The third-order valence-corrected chi connectivity index (χ3v) is 3.93. The van der Waals surface area contributed by atoms with Crippen molar-refractivity contribution in [3.05, 3.63) is 63.8 Å². The molecule has 0 radical (unpaired) electrons. The Morgan fingerprint density at radius 2 is 1.76 bits per heavy atom. The average Bonchev–Trinajstić information content (AvgIpc) is 2.77. The van der Waals surface area contributed by atoms with E-state index in [4.69, 9.17) is 0 Å². The minimum atomic E-state index is 0.528. The van der Waals surface area contributed by atoms with Crippen LogP contribution < -0.4 is 0 Å². The van der Waals surface area contributed by atoms with E-state index >= 15 is 0 Å². The fourth-order valence-corrected chi connectivity index (χ4v) is 3.22. The number of rotatable bonds is 1. The van der Waals surface area contributed by atoms with Gasteiger partial charge in [0.15, 0.2) is 0 Å². The first-order chi connectivity index (χ1) is 8.16. The van der Waals surface area contributed by atoms with Gasteiger partial charge < -0.3 is 0 Å². The maximum Gasteiger partial charge on any atom is 0.0273 e. The number of fused-ring (bicyclic) bond motifs is 1. The van der Waals surface area contributed by atoms with Crippen LogP contribution in [0.5, 0.6) is 0 Å². The van der Waals surface area contributed by atoms with E-state index in [1.165, 1.54) is 27.8 Å². The van der Waals surface area contributed by atoms with Gasteiger partial charge in [-0.25, -0.2) is 0 Å². The molecule has 17 heavy (non-hydrogen) atoms. The fourth-order valence-electron chi connectivity index (χ4n) is 3.22. The van der Waals surface area contributed by atoms with Crippen LogP contribution in [0.4, 0.5) is 0 Å². The standard InChI is InChI=1S/C17H18/c1-11-8-12(2)16(9-11)17-13(3)10-14-6-4-5-7-15(14)17/h4-8,10,17H,9H2,1-3H3/t17-/m0/s1. The molecule has 0 heterocycles. The van der Waals surface area contributed by atoms with E-state index in [1.54, 1.807) is 5.57 Å². The monoisotopic (exact) mass is 222 g/mol. The summed E-state index contributed by atoms with van der Waals surface area (Å²) in [6.45, 7) is 6.75. The lowest BCUT2D eigenvalue weighted by Gasteiger charge is -2.18. The average molecular weight is 222 g/mol. The molecule has 0 fully saturated rings. The van der Waals surface area contributed by atoms with E-state index in [2.05, 4.69) is 57.2 Å². The highest BCUT2D eigenvalue weighted by molar-refractivity contribution is 5.69. The second kappa shape index (κ2) is 3.73. The van der Waals surface area contributed by atoms with Crippen molar-refractivity contribution in [1.29, 1.82) is 0 Å². The molecule has 1 atom stereocenters. The van der Waals surface area contributed by atoms with Gasteiger partial charge >= 0.3 is 0 Å². The van der Waals surface area contributed by atoms with Crippen LogP contribution in [0.15, 0.2) is 52.6 Å². The van der Waals surface area contributed by atoms with E-state index in [-0.39, 0.29) is 0 Å². The quantitative estimate of drug-likeness (QED) is 0.637. The largest absolute Gasteiger partial charge is 0.0690 e. The Hall–Kier alpha value is -1.56. The van der Waals surface area contributed by atoms with Crippen LogP contribution >= 0.6 is 0 Å². The zero-order chi connectivity index (χ0) is 12.0. The van der Waals surface area contributed by atoms with Gasteiger partial charge in [-0.05, 0) is 38.3 Å². The molecule has 0 saturated carbocycles. The molecule has 0 saturated heterocycles. The highest BCUT2D eigenvalue weighted by Gasteiger charge is 2.28. The zero-order valence-corrected chi connectivity index (χ0v) is 10.7. The van der Waals surface area contributed by atoms with Crippen molar-refractivity contribution >= 4 is 6.08 Å². The molecule has 2 aliphatic carbocycles. The second-order valence-corrected chi connectivity index (χ2v) is 5.33. The summed E-state index contributed by atoms with van der Waals surface area (Å²) < 4.78 is 0. The molecule has 0 aromatic heterocycles. The number of benzene rings is 1. The Balaban J connectivity index is 2.07. The molecule has 0 N–H and O–H groups in total. The number of hydrogen-bond acceptors (Lipinski definition) is 0. The van der Waals surface area contributed by atoms with E-state index in [9.17, 15) is 0 Å². The van der Waals surface area contributed by atoms with Crippen LogP contribution in [0.1, 0.15) is 44.2 Å². The topological polar surface area (TPSA) is 0 Å². The van der Waals surface area contributed by atoms with Crippen LogP contribution in [0, 0.1) is 0 Å². The molecule has 0 spiro atoms. The van der Waals surface area contributed by atoms with Crippen LogP contribution in [0.25, 0.3) is 6.08 Å². The van der Waals surface area contributed by atoms with Crippen molar-refractivity contribution in [2.24, 2.45) is 0 Å². The fraction of sp³-hybridized carbons (Fsp3) is 0.294. The first-order valence-electron chi connectivity index (χ1n) is 6.31. The van der Waals surface area contributed by atoms with Crippen molar-refractivity contribution in [2.45, 2.75) is 33.1 Å². The molecule has 1 aromatic carbocycles. The van der Waals surface area contributed by atoms with Crippen molar-refractivity contribution in [1.82, 2.24) is 0 Å². The Labute approximate surface area is 103 Å². The summed E-state index contributed by atoms with van der Waals surface area (Å²) in [5, 5.41) is 0. The summed E-state index contributed by atoms with van der Waals surface area (Å²) in [6.07, 6.45) is 5.83. The van der Waals surface area contributed by atoms with Crippen LogP contribution in [-0.4, -0.2) is 0 Å². The predicted molar refractivity (Wildman–Crippen MR) is 73.9 cm³/mol. The molecule has 0 nitrogen and oxygen atoms in total. The Morgan fingerprint density at radius 1 is 1.00 bits per heavy atom. The molecule has 0 aliphatic heterocycles. The van der Waals surface area contributed by atoms with Gasteiger partial charge in [0.25, 0.3) is 0 Å². The lowest BCUT2D eigenvalue weighted by molar-refractivity contribution is 0.893. The zero-order valence-electron chi connectivity index (χ0n) is 10.7. The highest BCUT2D eigenvalue weighted by Crippen LogP contribution is 2.45. The molecule has 0 amide bonds. The molecule has 0 unspecified atom stereocenters. The summed E-state index contributed by atoms with van der Waals surface area (Å²) in [5.41, 5.74) is 8.94. The van der Waals surface area contributed by atoms with Gasteiger partial charge in [-0.15, -0.1) is 0 Å². The molecule has 1 aromatic rings. The van der Waals surface area contributed by atoms with Gasteiger partial charge in [-0.3, -0.25) is 0 Å². The van der Waals surface area contributed by atoms with Crippen molar-refractivity contribution in [2.75, 3.05) is 0 Å². The summed E-state index contributed by atoms with van der Waals surface area (Å²) in [4.78, 5) is 0. The van der Waals surface area contributed by atoms with E-state index < -0.39 is 0 Å². The number of hydrogen-bond donors (Lipinski definition) is 0. The molecule has 2 aliphatic rings. The predicted octanol–water partition coefficient (Wildman–Crippen LogP) is 4.85. The van der Waals surface area contributed by atoms with Crippen molar-refractivity contribution in [3.63, 3.8) is 0 Å². The summed E-state index contributed by atoms with van der Waals surface area (Å²) >= 11 is 0. The minimum Gasteiger partial charge on any atom is -0.0690 e. The third-order valence-electron chi connectivity index (χ3n) is 3.93. The van der Waals surface area contributed by atoms with Gasteiger partial charge in [0, 0.05) is 5.92 Å². The normalized spacial score (nSPS) is 22.6. The van der Waals surface area contributed by atoms with Crippen molar-refractivity contribution in [3.8, 4) is 0 Å². The SMILES string of the molecule is CC1=CC(C)=C([C@H]2C(C)=Cc3ccccc32)C1. The lowest BCUT2D eigenvalue weighted by atomic mass is 9.86. The molecular formula is C17H18. The van der Waals surface area contributed by atoms with Gasteiger partial charge in [-0.1, -0.05) is 58.7 Å². The maximum absolute atomic E-state index is 2.34. The van der Waals surface area contributed by atoms with E-state index in [1.807, 2.05) is 0 Å². The number of allylic oxidation sites excluding steroid dienone is 5. The summed E-state index contributed by atoms with van der Waals surface area (Å²) in [6, 6.07) is 8.79.